The maximum Gasteiger partial charge on any atom is 0.407 e. The first-order valence-electron chi connectivity index (χ1n) is 19.5. The summed E-state index contributed by atoms with van der Waals surface area (Å²) in [5, 5.41) is 26.2. The van der Waals surface area contributed by atoms with E-state index in [0.29, 0.717) is 26.1 Å². The van der Waals surface area contributed by atoms with Gasteiger partial charge in [0.15, 0.2) is 6.29 Å². The molecule has 2 rings (SSSR count). The summed E-state index contributed by atoms with van der Waals surface area (Å²) < 4.78 is 42.7. The van der Waals surface area contributed by atoms with Crippen LogP contribution in [0.3, 0.4) is 0 Å². The van der Waals surface area contributed by atoms with Gasteiger partial charge in [-0.25, -0.2) is 4.79 Å². The molecular formula is C39H72N2O12. The van der Waals surface area contributed by atoms with E-state index in [0.717, 1.165) is 12.8 Å². The number of methoxy groups -OCH3 is 2. The van der Waals surface area contributed by atoms with Crippen molar-refractivity contribution in [1.29, 1.82) is 0 Å². The van der Waals surface area contributed by atoms with Crippen LogP contribution < -0.4 is 5.32 Å². The van der Waals surface area contributed by atoms with E-state index in [1.165, 1.54) is 21.1 Å². The molecule has 2 saturated heterocycles. The van der Waals surface area contributed by atoms with Crippen molar-refractivity contribution in [2.45, 2.75) is 161 Å². The first-order valence-corrected chi connectivity index (χ1v) is 19.5. The molecule has 0 aliphatic carbocycles. The van der Waals surface area contributed by atoms with E-state index in [2.05, 4.69) is 12.2 Å². The summed E-state index contributed by atoms with van der Waals surface area (Å²) in [5.41, 5.74) is -3.00. The average Bonchev–Trinajstić information content (AvgIpc) is 3.10. The fourth-order valence-electron chi connectivity index (χ4n) is 8.09. The highest BCUT2D eigenvalue weighted by Crippen LogP contribution is 2.40. The van der Waals surface area contributed by atoms with Crippen molar-refractivity contribution in [2.75, 3.05) is 48.1 Å². The molecule has 0 unspecified atom stereocenters. The number of ketones is 1. The summed E-state index contributed by atoms with van der Waals surface area (Å²) in [5.74, 6) is -4.18. The molecule has 2 aliphatic heterocycles. The van der Waals surface area contributed by atoms with Gasteiger partial charge in [0.25, 0.3) is 0 Å². The topological polar surface area (TPSA) is 172 Å². The van der Waals surface area contributed by atoms with E-state index in [4.69, 9.17) is 33.2 Å². The predicted octanol–water partition coefficient (Wildman–Crippen LogP) is 4.11. The van der Waals surface area contributed by atoms with Crippen molar-refractivity contribution < 1.29 is 57.8 Å². The number of cyclic esters (lactones) is 1. The van der Waals surface area contributed by atoms with E-state index in [9.17, 15) is 24.6 Å². The maximum absolute atomic E-state index is 14.1. The quantitative estimate of drug-likeness (QED) is 0.171. The SMILES string of the molecule is CCCCOCCCNC(=O)O[C@H]1[C@H](C)[C@@H](O[C@@H]2O[C@H](C)C[C@H](N(C)C)[C@H]2O)[C@](C)(OC)C[C@@H](C)C(=O)[C@@H](C)[C@@H](OC)[C@](C)(O)[C@@H](CC)OC(=O)[C@@H]1C. The van der Waals surface area contributed by atoms with Crippen molar-refractivity contribution >= 4 is 17.8 Å². The summed E-state index contributed by atoms with van der Waals surface area (Å²) in [6.07, 6.45) is -3.92. The van der Waals surface area contributed by atoms with Crippen LogP contribution in [0.2, 0.25) is 0 Å². The number of ether oxygens (including phenoxy) is 7. The average molecular weight is 761 g/mol. The molecule has 14 heteroatoms. The Morgan fingerprint density at radius 1 is 1.00 bits per heavy atom. The van der Waals surface area contributed by atoms with Gasteiger partial charge in [-0.1, -0.05) is 41.0 Å². The van der Waals surface area contributed by atoms with Gasteiger partial charge in [-0.15, -0.1) is 0 Å². The Bertz CT molecular complexity index is 1140. The van der Waals surface area contributed by atoms with Crippen LogP contribution in [0.25, 0.3) is 0 Å². The number of unbranched alkanes of at least 4 members (excludes halogenated alkanes) is 1. The number of likely N-dealkylation sites (N-methyl/N-ethyl adjacent to an activating group) is 1. The van der Waals surface area contributed by atoms with Gasteiger partial charge in [-0.3, -0.25) is 9.59 Å². The Labute approximate surface area is 318 Å². The molecule has 0 bridgehead atoms. The van der Waals surface area contributed by atoms with Crippen LogP contribution in [0.1, 0.15) is 101 Å². The van der Waals surface area contributed by atoms with Crippen molar-refractivity contribution in [3.63, 3.8) is 0 Å². The minimum Gasteiger partial charge on any atom is -0.459 e. The Balaban J connectivity index is 2.67. The Morgan fingerprint density at radius 3 is 2.21 bits per heavy atom. The lowest BCUT2D eigenvalue weighted by Crippen LogP contribution is -2.61. The highest BCUT2D eigenvalue weighted by molar-refractivity contribution is 5.83. The molecule has 1 amide bonds. The summed E-state index contributed by atoms with van der Waals surface area (Å²) in [7, 11) is 6.67. The molecule has 3 N–H and O–H groups in total. The number of nitrogens with zero attached hydrogens (tertiary/aromatic N) is 1. The Hall–Kier alpha value is -1.91. The lowest BCUT2D eigenvalue weighted by Gasteiger charge is -2.48. The monoisotopic (exact) mass is 761 g/mol. The second kappa shape index (κ2) is 21.4. The van der Waals surface area contributed by atoms with E-state index in [1.807, 2.05) is 25.9 Å². The fraction of sp³-hybridized carbons (Fsp3) is 0.923. The fourth-order valence-corrected chi connectivity index (χ4v) is 8.09. The molecule has 2 aliphatic rings. The smallest absolute Gasteiger partial charge is 0.407 e. The van der Waals surface area contributed by atoms with E-state index in [1.54, 1.807) is 41.5 Å². The van der Waals surface area contributed by atoms with Gasteiger partial charge >= 0.3 is 12.1 Å². The van der Waals surface area contributed by atoms with E-state index >= 15 is 0 Å². The largest absolute Gasteiger partial charge is 0.459 e. The third-order valence-corrected chi connectivity index (χ3v) is 11.3. The van der Waals surface area contributed by atoms with Crippen molar-refractivity contribution in [1.82, 2.24) is 10.2 Å². The van der Waals surface area contributed by atoms with Gasteiger partial charge in [0.05, 0.1) is 29.8 Å². The van der Waals surface area contributed by atoms with Crippen molar-refractivity contribution in [3.05, 3.63) is 0 Å². The molecular weight excluding hydrogens is 688 g/mol. The van der Waals surface area contributed by atoms with Crippen LogP contribution in [0, 0.1) is 23.7 Å². The molecule has 310 valence electrons. The molecule has 0 aromatic rings. The summed E-state index contributed by atoms with van der Waals surface area (Å²) in [6.45, 7) is 17.3. The van der Waals surface area contributed by atoms with Gasteiger partial charge in [0.2, 0.25) is 0 Å². The Morgan fingerprint density at radius 2 is 1.64 bits per heavy atom. The Kier molecular flexibility index (Phi) is 19.1. The number of aliphatic hydroxyl groups is 2. The second-order valence-corrected chi connectivity index (χ2v) is 15.9. The van der Waals surface area contributed by atoms with Crippen molar-refractivity contribution in [3.8, 4) is 0 Å². The standard InChI is InChI=1S/C39H72N2O12/c1-14-16-19-49-20-17-18-40-37(45)52-32-26(6)33(53-36-31(43)28(41(10)11)21-24(4)50-36)38(8,48-13)22-23(3)30(42)25(5)34(47-12)39(9,46)29(15-2)51-35(44)27(32)7/h23-29,31-34,36,43,46H,14-22H2,1-13H3,(H,40,45)/t23-,24-,25-,26+,27-,28+,29-,31-,32+,33-,34-,36+,38-,39-/m1/s1. The number of nitrogens with one attached hydrogen (secondary N) is 1. The molecule has 14 atom stereocenters. The number of hydrogen-bond acceptors (Lipinski definition) is 13. The highest BCUT2D eigenvalue weighted by atomic mass is 16.7. The normalized spacial score (nSPS) is 39.3. The predicted molar refractivity (Wildman–Crippen MR) is 199 cm³/mol. The zero-order chi connectivity index (χ0) is 40.3. The molecule has 2 heterocycles. The van der Waals surface area contributed by atoms with Crippen molar-refractivity contribution in [2.24, 2.45) is 23.7 Å². The number of hydrogen-bond donors (Lipinski definition) is 3. The van der Waals surface area contributed by atoms with Gasteiger partial charge in [-0.2, -0.15) is 0 Å². The van der Waals surface area contributed by atoms with Gasteiger partial charge < -0.3 is 53.6 Å². The number of Topliss-reactive ketones (excluding diaryl/α,β-unsaturated/α-hetero) is 1. The zero-order valence-corrected chi connectivity index (χ0v) is 34.7. The van der Waals surface area contributed by atoms with E-state index in [-0.39, 0.29) is 37.3 Å². The van der Waals surface area contributed by atoms with Crippen LogP contribution in [0.5, 0.6) is 0 Å². The summed E-state index contributed by atoms with van der Waals surface area (Å²) in [6, 6.07) is -0.282. The maximum atomic E-state index is 14.1. The molecule has 0 saturated carbocycles. The third kappa shape index (κ3) is 12.3. The second-order valence-electron chi connectivity index (χ2n) is 15.9. The first kappa shape index (κ1) is 47.2. The molecule has 0 aromatic heterocycles. The number of esters is 1. The molecule has 14 nitrogen and oxygen atoms in total. The van der Waals surface area contributed by atoms with Gasteiger partial charge in [0, 0.05) is 57.8 Å². The number of rotatable bonds is 14. The van der Waals surface area contributed by atoms with Gasteiger partial charge in [0.1, 0.15) is 29.7 Å². The van der Waals surface area contributed by atoms with Crippen LogP contribution >= 0.6 is 0 Å². The summed E-state index contributed by atoms with van der Waals surface area (Å²) >= 11 is 0. The minimum atomic E-state index is -1.75. The molecule has 2 fully saturated rings. The molecule has 53 heavy (non-hydrogen) atoms. The number of alkyl carbamates (subject to hydrolysis) is 1. The van der Waals surface area contributed by atoms with Gasteiger partial charge in [-0.05, 0) is 73.9 Å². The van der Waals surface area contributed by atoms with Crippen LogP contribution in [-0.4, -0.2) is 141 Å². The number of carbonyl (C=O) groups is 3. The lowest BCUT2D eigenvalue weighted by atomic mass is 9.73. The van der Waals surface area contributed by atoms with E-state index < -0.39 is 83.7 Å². The number of carbonyl (C=O) groups excluding carboxylic acids is 3. The minimum absolute atomic E-state index is 0.142. The van der Waals surface area contributed by atoms with Crippen LogP contribution in [0.4, 0.5) is 4.79 Å². The van der Waals surface area contributed by atoms with Crippen LogP contribution in [0.15, 0.2) is 0 Å². The zero-order valence-electron chi connectivity index (χ0n) is 34.7. The van der Waals surface area contributed by atoms with Crippen LogP contribution in [-0.2, 0) is 42.7 Å². The first-order chi connectivity index (χ1) is 24.8. The highest BCUT2D eigenvalue weighted by Gasteiger charge is 2.53. The lowest BCUT2D eigenvalue weighted by molar-refractivity contribution is -0.301. The molecule has 0 spiro atoms. The summed E-state index contributed by atoms with van der Waals surface area (Å²) in [4.78, 5) is 43.6. The number of aliphatic hydroxyl groups excluding tert-OH is 1. The molecule has 0 radical (unpaired) electrons. The number of amides is 1. The molecule has 0 aromatic carbocycles. The third-order valence-electron chi connectivity index (χ3n) is 11.3.